The van der Waals surface area contributed by atoms with Gasteiger partial charge < -0.3 is 16.0 Å². The number of thioether (sulfide) groups is 1. The number of hydrogen-bond acceptors (Lipinski definition) is 4. The van der Waals surface area contributed by atoms with Gasteiger partial charge >= 0.3 is 0 Å². The molecular formula is C38H35N3O3S. The Hall–Kier alpha value is -5.14. The van der Waals surface area contributed by atoms with Crippen molar-refractivity contribution >= 4 is 57.7 Å². The number of amides is 3. The molecule has 0 fully saturated rings. The molecule has 6 nitrogen and oxygen atoms in total. The van der Waals surface area contributed by atoms with Gasteiger partial charge in [0.2, 0.25) is 5.91 Å². The average Bonchev–Trinajstić information content (AvgIpc) is 3.03. The maximum atomic E-state index is 13.7. The van der Waals surface area contributed by atoms with E-state index in [1.165, 1.54) is 11.8 Å². The Morgan fingerprint density at radius 1 is 0.733 bits per heavy atom. The summed E-state index contributed by atoms with van der Waals surface area (Å²) in [4.78, 5) is 40.8. The molecule has 5 aromatic rings. The van der Waals surface area contributed by atoms with Crippen LogP contribution >= 0.6 is 11.8 Å². The molecule has 7 heteroatoms. The van der Waals surface area contributed by atoms with Crippen LogP contribution in [0.1, 0.15) is 40.4 Å². The van der Waals surface area contributed by atoms with E-state index in [4.69, 9.17) is 0 Å². The van der Waals surface area contributed by atoms with Crippen LogP contribution in [0.2, 0.25) is 0 Å². The molecule has 0 radical (unpaired) electrons. The summed E-state index contributed by atoms with van der Waals surface area (Å²) >= 11 is 1.44. The number of anilines is 2. The lowest BCUT2D eigenvalue weighted by Gasteiger charge is -2.16. The fraction of sp³-hybridized carbons (Fsp3) is 0.132. The number of carbonyl (C=O) groups is 3. The third-order valence-electron chi connectivity index (χ3n) is 7.17. The Bertz CT molecular complexity index is 1860. The lowest BCUT2D eigenvalue weighted by molar-refractivity contribution is -0.116. The molecule has 5 rings (SSSR count). The summed E-state index contributed by atoms with van der Waals surface area (Å²) in [6.07, 6.45) is 2.32. The van der Waals surface area contributed by atoms with Crippen LogP contribution < -0.4 is 16.0 Å². The summed E-state index contributed by atoms with van der Waals surface area (Å²) in [5.41, 5.74) is 4.85. The molecule has 0 aliphatic rings. The first-order valence-corrected chi connectivity index (χ1v) is 15.7. The van der Waals surface area contributed by atoms with E-state index in [0.29, 0.717) is 17.7 Å². The molecule has 3 N–H and O–H groups in total. The number of hydrogen-bond donors (Lipinski definition) is 3. The predicted octanol–water partition coefficient (Wildman–Crippen LogP) is 8.38. The maximum Gasteiger partial charge on any atom is 0.272 e. The first kappa shape index (κ1) is 31.3. The summed E-state index contributed by atoms with van der Waals surface area (Å²) in [6, 6.07) is 35.9. The Morgan fingerprint density at radius 3 is 2.18 bits per heavy atom. The number of benzene rings is 5. The molecule has 0 saturated heterocycles. The van der Waals surface area contributed by atoms with Crippen LogP contribution in [0.25, 0.3) is 16.8 Å². The van der Waals surface area contributed by atoms with Crippen LogP contribution in [0.15, 0.2) is 126 Å². The van der Waals surface area contributed by atoms with Crippen molar-refractivity contribution in [2.45, 2.75) is 37.3 Å². The highest BCUT2D eigenvalue weighted by Gasteiger charge is 2.20. The predicted molar refractivity (Wildman–Crippen MR) is 185 cm³/mol. The van der Waals surface area contributed by atoms with Gasteiger partial charge in [0.15, 0.2) is 0 Å². The summed E-state index contributed by atoms with van der Waals surface area (Å²) in [7, 11) is 0. The minimum atomic E-state index is -0.464. The third kappa shape index (κ3) is 8.28. The molecule has 0 aliphatic carbocycles. The van der Waals surface area contributed by atoms with Gasteiger partial charge in [-0.2, -0.15) is 0 Å². The van der Waals surface area contributed by atoms with Gasteiger partial charge in [-0.3, -0.25) is 14.4 Å². The van der Waals surface area contributed by atoms with E-state index in [9.17, 15) is 14.4 Å². The quantitative estimate of drug-likeness (QED) is 0.109. The van der Waals surface area contributed by atoms with E-state index in [0.717, 1.165) is 38.0 Å². The van der Waals surface area contributed by atoms with E-state index >= 15 is 0 Å². The van der Waals surface area contributed by atoms with Gasteiger partial charge in [0, 0.05) is 21.8 Å². The van der Waals surface area contributed by atoms with Crippen LogP contribution in [-0.2, 0) is 9.59 Å². The molecule has 3 amide bonds. The van der Waals surface area contributed by atoms with Gasteiger partial charge in [0.05, 0.1) is 5.25 Å². The zero-order chi connectivity index (χ0) is 31.8. The number of fused-ring (bicyclic) bond motifs is 1. The Kier molecular flexibility index (Phi) is 10.1. The Balaban J connectivity index is 1.36. The Labute approximate surface area is 268 Å². The van der Waals surface area contributed by atoms with Crippen molar-refractivity contribution in [3.63, 3.8) is 0 Å². The maximum absolute atomic E-state index is 13.7. The van der Waals surface area contributed by atoms with Crippen molar-refractivity contribution < 1.29 is 14.4 Å². The normalized spacial score (nSPS) is 11.9. The summed E-state index contributed by atoms with van der Waals surface area (Å²) in [5.74, 6) is -0.929. The van der Waals surface area contributed by atoms with E-state index in [2.05, 4.69) is 22.0 Å². The number of nitrogens with one attached hydrogen (secondary N) is 3. The molecule has 0 aliphatic heterocycles. The van der Waals surface area contributed by atoms with Crippen molar-refractivity contribution in [2.75, 3.05) is 10.6 Å². The fourth-order valence-electron chi connectivity index (χ4n) is 5.08. The molecule has 0 heterocycles. The van der Waals surface area contributed by atoms with Crippen molar-refractivity contribution in [3.05, 3.63) is 143 Å². The van der Waals surface area contributed by atoms with Gasteiger partial charge in [0.1, 0.15) is 5.70 Å². The SMILES string of the molecule is CCC(Sc1cccc(NC(=O)/C(=C\c2cccc3ccccc23)NC(=O)c2ccccc2)c1)C(=O)Nc1cc(C)cc(C)c1. The number of rotatable bonds is 10. The minimum absolute atomic E-state index is 0.0779. The van der Waals surface area contributed by atoms with Gasteiger partial charge in [0.25, 0.3) is 11.8 Å². The molecule has 1 atom stereocenters. The van der Waals surface area contributed by atoms with Crippen LogP contribution in [0.5, 0.6) is 0 Å². The van der Waals surface area contributed by atoms with E-state index in [1.807, 2.05) is 99.6 Å². The molecule has 0 spiro atoms. The molecule has 45 heavy (non-hydrogen) atoms. The highest BCUT2D eigenvalue weighted by Crippen LogP contribution is 2.29. The van der Waals surface area contributed by atoms with Crippen molar-refractivity contribution in [3.8, 4) is 0 Å². The second-order valence-corrected chi connectivity index (χ2v) is 12.1. The van der Waals surface area contributed by atoms with Crippen molar-refractivity contribution in [1.29, 1.82) is 0 Å². The largest absolute Gasteiger partial charge is 0.325 e. The van der Waals surface area contributed by atoms with Crippen LogP contribution in [0, 0.1) is 13.8 Å². The Morgan fingerprint density at radius 2 is 1.42 bits per heavy atom. The number of aryl methyl sites for hydroxylation is 2. The summed E-state index contributed by atoms with van der Waals surface area (Å²) in [5, 5.41) is 10.5. The van der Waals surface area contributed by atoms with Crippen molar-refractivity contribution in [2.24, 2.45) is 0 Å². The van der Waals surface area contributed by atoms with Gasteiger partial charge in [-0.05, 0) is 96.3 Å². The fourth-order valence-corrected chi connectivity index (χ4v) is 6.09. The first-order valence-electron chi connectivity index (χ1n) is 14.8. The third-order valence-corrected chi connectivity index (χ3v) is 8.53. The number of carbonyl (C=O) groups excluding carboxylic acids is 3. The van der Waals surface area contributed by atoms with E-state index in [-0.39, 0.29) is 22.8 Å². The lowest BCUT2D eigenvalue weighted by Crippen LogP contribution is -2.30. The van der Waals surface area contributed by atoms with E-state index in [1.54, 1.807) is 36.4 Å². The minimum Gasteiger partial charge on any atom is -0.325 e. The smallest absolute Gasteiger partial charge is 0.272 e. The highest BCUT2D eigenvalue weighted by atomic mass is 32.2. The monoisotopic (exact) mass is 613 g/mol. The average molecular weight is 614 g/mol. The first-order chi connectivity index (χ1) is 21.8. The summed E-state index contributed by atoms with van der Waals surface area (Å²) in [6.45, 7) is 5.98. The van der Waals surface area contributed by atoms with Gasteiger partial charge in [-0.1, -0.05) is 79.7 Å². The van der Waals surface area contributed by atoms with Crippen LogP contribution in [0.3, 0.4) is 0 Å². The lowest BCUT2D eigenvalue weighted by atomic mass is 10.0. The molecule has 226 valence electrons. The van der Waals surface area contributed by atoms with Crippen LogP contribution in [0.4, 0.5) is 11.4 Å². The zero-order valence-electron chi connectivity index (χ0n) is 25.5. The molecular weight excluding hydrogens is 579 g/mol. The highest BCUT2D eigenvalue weighted by molar-refractivity contribution is 8.00. The van der Waals surface area contributed by atoms with Crippen molar-refractivity contribution in [1.82, 2.24) is 5.32 Å². The van der Waals surface area contributed by atoms with Gasteiger partial charge in [-0.25, -0.2) is 0 Å². The molecule has 0 bridgehead atoms. The van der Waals surface area contributed by atoms with Gasteiger partial charge in [-0.15, -0.1) is 11.8 Å². The summed E-state index contributed by atoms with van der Waals surface area (Å²) < 4.78 is 0. The molecule has 0 aromatic heterocycles. The van der Waals surface area contributed by atoms with E-state index < -0.39 is 5.91 Å². The standard InChI is InChI=1S/C38H35N3O3S/c1-4-35(38(44)40-31-21-25(2)20-26(3)22-31)45-32-18-11-17-30(24-32)39-37(43)34(41-36(42)28-13-6-5-7-14-28)23-29-16-10-15-27-12-8-9-19-33(27)29/h5-24,35H,4H2,1-3H3,(H,39,43)(H,40,44)(H,41,42)/b34-23+. The van der Waals surface area contributed by atoms with Crippen LogP contribution in [-0.4, -0.2) is 23.0 Å². The second-order valence-electron chi connectivity index (χ2n) is 10.8. The molecule has 1 unspecified atom stereocenters. The second kappa shape index (κ2) is 14.6. The zero-order valence-corrected chi connectivity index (χ0v) is 26.3. The molecule has 5 aromatic carbocycles. The molecule has 0 saturated carbocycles. The topological polar surface area (TPSA) is 87.3 Å².